The van der Waals surface area contributed by atoms with Crippen LogP contribution in [0.1, 0.15) is 11.1 Å². The molecule has 0 saturated heterocycles. The Hall–Kier alpha value is -1.26. The molecule has 1 rings (SSSR count). The molecule has 0 aromatic heterocycles. The van der Waals surface area contributed by atoms with E-state index >= 15 is 0 Å². The molecule has 0 saturated carbocycles. The molecule has 14 heavy (non-hydrogen) atoms. The summed E-state index contributed by atoms with van der Waals surface area (Å²) in [6.45, 7) is 0.899. The van der Waals surface area contributed by atoms with E-state index in [1.54, 1.807) is 26.4 Å². The highest BCUT2D eigenvalue weighted by molar-refractivity contribution is 5.55. The minimum Gasteiger partial charge on any atom is -0.506 e. The Bertz CT molecular complexity index is 281. The number of aromatic hydroxyl groups is 1. The van der Waals surface area contributed by atoms with Gasteiger partial charge in [0.05, 0.1) is 18.9 Å². The van der Waals surface area contributed by atoms with Crippen LogP contribution in [-0.2, 0) is 22.7 Å². The molecule has 78 valence electrons. The van der Waals surface area contributed by atoms with Crippen molar-refractivity contribution in [1.82, 2.24) is 0 Å². The summed E-state index contributed by atoms with van der Waals surface area (Å²) in [6.07, 6.45) is 0. The van der Waals surface area contributed by atoms with E-state index in [4.69, 9.17) is 15.2 Å². The lowest BCUT2D eigenvalue weighted by Gasteiger charge is -2.10. The molecule has 1 aromatic rings. The monoisotopic (exact) mass is 197 g/mol. The number of nitrogens with two attached hydrogens (primary N) is 1. The summed E-state index contributed by atoms with van der Waals surface area (Å²) in [6, 6.07) is 3.31. The average molecular weight is 197 g/mol. The molecule has 4 heteroatoms. The van der Waals surface area contributed by atoms with E-state index in [1.165, 1.54) is 0 Å². The molecule has 0 spiro atoms. The zero-order valence-corrected chi connectivity index (χ0v) is 8.41. The normalized spacial score (nSPS) is 10.4. The number of nitrogen functional groups attached to an aromatic ring is 1. The maximum atomic E-state index is 9.40. The van der Waals surface area contributed by atoms with Gasteiger partial charge in [0, 0.05) is 14.2 Å². The second kappa shape index (κ2) is 4.83. The number of hydrogen-bond acceptors (Lipinski definition) is 4. The number of phenolic OH excluding ortho intramolecular Hbond substituents is 1. The molecule has 0 fully saturated rings. The Labute approximate surface area is 83.3 Å². The fourth-order valence-electron chi connectivity index (χ4n) is 1.28. The maximum Gasteiger partial charge on any atom is 0.138 e. The average Bonchev–Trinajstić information content (AvgIpc) is 2.14. The first-order valence-electron chi connectivity index (χ1n) is 4.27. The molecule has 0 heterocycles. The third-order valence-corrected chi connectivity index (χ3v) is 1.95. The van der Waals surface area contributed by atoms with Crippen LogP contribution in [0.3, 0.4) is 0 Å². The Morgan fingerprint density at radius 3 is 2.14 bits per heavy atom. The predicted octanol–water partition coefficient (Wildman–Crippen LogP) is 1.27. The molecule has 0 aliphatic carbocycles. The lowest BCUT2D eigenvalue weighted by atomic mass is 10.1. The van der Waals surface area contributed by atoms with Gasteiger partial charge in [0.2, 0.25) is 0 Å². The number of rotatable bonds is 4. The van der Waals surface area contributed by atoms with Crippen molar-refractivity contribution in [1.29, 1.82) is 0 Å². The summed E-state index contributed by atoms with van der Waals surface area (Å²) >= 11 is 0. The first kappa shape index (κ1) is 10.8. The van der Waals surface area contributed by atoms with E-state index in [2.05, 4.69) is 0 Å². The van der Waals surface area contributed by atoms with Gasteiger partial charge in [0.1, 0.15) is 5.75 Å². The van der Waals surface area contributed by atoms with Gasteiger partial charge >= 0.3 is 0 Å². The van der Waals surface area contributed by atoms with Crippen molar-refractivity contribution in [2.75, 3.05) is 20.0 Å². The molecule has 3 N–H and O–H groups in total. The van der Waals surface area contributed by atoms with Crippen LogP contribution in [0.2, 0.25) is 0 Å². The van der Waals surface area contributed by atoms with Gasteiger partial charge in [-0.1, -0.05) is 0 Å². The molecule has 0 unspecified atom stereocenters. The van der Waals surface area contributed by atoms with Crippen LogP contribution in [0.15, 0.2) is 12.1 Å². The van der Waals surface area contributed by atoms with Crippen LogP contribution < -0.4 is 5.73 Å². The molecule has 0 bridgehead atoms. The van der Waals surface area contributed by atoms with Gasteiger partial charge < -0.3 is 20.3 Å². The minimum absolute atomic E-state index is 0.0805. The third-order valence-electron chi connectivity index (χ3n) is 1.95. The summed E-state index contributed by atoms with van der Waals surface area (Å²) in [5, 5.41) is 9.40. The van der Waals surface area contributed by atoms with Gasteiger partial charge in [-0.2, -0.15) is 0 Å². The molecule has 0 atom stereocenters. The third kappa shape index (κ3) is 2.37. The summed E-state index contributed by atoms with van der Waals surface area (Å²) in [7, 11) is 3.21. The van der Waals surface area contributed by atoms with Crippen LogP contribution >= 0.6 is 0 Å². The number of phenols is 1. The van der Waals surface area contributed by atoms with Gasteiger partial charge in [0.15, 0.2) is 0 Å². The van der Waals surface area contributed by atoms with Crippen molar-refractivity contribution in [3.8, 4) is 5.75 Å². The summed E-state index contributed by atoms with van der Waals surface area (Å²) in [5.74, 6) is 0.0805. The first-order valence-corrected chi connectivity index (χ1v) is 4.27. The van der Waals surface area contributed by atoms with Crippen molar-refractivity contribution in [3.05, 3.63) is 23.3 Å². The summed E-state index contributed by atoms with van der Waals surface area (Å²) in [4.78, 5) is 0. The number of anilines is 1. The van der Waals surface area contributed by atoms with Crippen molar-refractivity contribution in [3.63, 3.8) is 0 Å². The topological polar surface area (TPSA) is 64.7 Å². The summed E-state index contributed by atoms with van der Waals surface area (Å²) in [5.41, 5.74) is 7.75. The quantitative estimate of drug-likeness (QED) is 0.563. The SMILES string of the molecule is COCc1cc(N)c(O)cc1COC. The first-order chi connectivity index (χ1) is 6.69. The van der Waals surface area contributed by atoms with Crippen molar-refractivity contribution in [2.45, 2.75) is 13.2 Å². The van der Waals surface area contributed by atoms with Gasteiger partial charge in [-0.25, -0.2) is 0 Å². The van der Waals surface area contributed by atoms with E-state index in [1.807, 2.05) is 0 Å². The Balaban J connectivity index is 3.03. The number of methoxy groups -OCH3 is 2. The van der Waals surface area contributed by atoms with E-state index in [-0.39, 0.29) is 5.75 Å². The lowest BCUT2D eigenvalue weighted by molar-refractivity contribution is 0.168. The Morgan fingerprint density at radius 1 is 1.14 bits per heavy atom. The van der Waals surface area contributed by atoms with Gasteiger partial charge in [0.25, 0.3) is 0 Å². The largest absolute Gasteiger partial charge is 0.506 e. The zero-order valence-electron chi connectivity index (χ0n) is 8.41. The van der Waals surface area contributed by atoms with Crippen LogP contribution in [-0.4, -0.2) is 19.3 Å². The molecule has 0 radical (unpaired) electrons. The highest BCUT2D eigenvalue weighted by atomic mass is 16.5. The smallest absolute Gasteiger partial charge is 0.138 e. The van der Waals surface area contributed by atoms with Crippen molar-refractivity contribution < 1.29 is 14.6 Å². The Kier molecular flexibility index (Phi) is 3.73. The summed E-state index contributed by atoms with van der Waals surface area (Å²) < 4.78 is 10.0. The lowest BCUT2D eigenvalue weighted by Crippen LogP contribution is -1.99. The predicted molar refractivity (Wildman–Crippen MR) is 53.9 cm³/mol. The van der Waals surface area contributed by atoms with E-state index in [0.717, 1.165) is 11.1 Å². The van der Waals surface area contributed by atoms with E-state index in [0.29, 0.717) is 18.9 Å². The zero-order chi connectivity index (χ0) is 10.6. The maximum absolute atomic E-state index is 9.40. The van der Waals surface area contributed by atoms with Gasteiger partial charge in [-0.15, -0.1) is 0 Å². The number of hydrogen-bond donors (Lipinski definition) is 2. The second-order valence-corrected chi connectivity index (χ2v) is 3.05. The molecular formula is C10H15NO3. The minimum atomic E-state index is 0.0805. The van der Waals surface area contributed by atoms with Crippen LogP contribution in [0.25, 0.3) is 0 Å². The van der Waals surface area contributed by atoms with Gasteiger partial charge in [-0.3, -0.25) is 0 Å². The standard InChI is InChI=1S/C10H15NO3/c1-13-5-7-3-9(11)10(12)4-8(7)6-14-2/h3-4,12H,5-6,11H2,1-2H3. The molecule has 0 aliphatic rings. The Morgan fingerprint density at radius 2 is 1.64 bits per heavy atom. The molecule has 0 aliphatic heterocycles. The van der Waals surface area contributed by atoms with Crippen LogP contribution in [0, 0.1) is 0 Å². The number of benzene rings is 1. The van der Waals surface area contributed by atoms with Crippen molar-refractivity contribution >= 4 is 5.69 Å². The number of ether oxygens (including phenoxy) is 2. The van der Waals surface area contributed by atoms with E-state index < -0.39 is 0 Å². The fraction of sp³-hybridized carbons (Fsp3) is 0.400. The van der Waals surface area contributed by atoms with E-state index in [9.17, 15) is 5.11 Å². The molecule has 1 aromatic carbocycles. The van der Waals surface area contributed by atoms with Crippen LogP contribution in [0.5, 0.6) is 5.75 Å². The fourth-order valence-corrected chi connectivity index (χ4v) is 1.28. The van der Waals surface area contributed by atoms with Crippen molar-refractivity contribution in [2.24, 2.45) is 0 Å². The van der Waals surface area contributed by atoms with Gasteiger partial charge in [-0.05, 0) is 23.3 Å². The molecule has 4 nitrogen and oxygen atoms in total. The second-order valence-electron chi connectivity index (χ2n) is 3.05. The molecule has 0 amide bonds. The highest BCUT2D eigenvalue weighted by Crippen LogP contribution is 2.25. The van der Waals surface area contributed by atoms with Crippen LogP contribution in [0.4, 0.5) is 5.69 Å². The highest BCUT2D eigenvalue weighted by Gasteiger charge is 2.06. The molecular weight excluding hydrogens is 182 g/mol.